The van der Waals surface area contributed by atoms with Crippen molar-refractivity contribution in [2.24, 2.45) is 0 Å². The summed E-state index contributed by atoms with van der Waals surface area (Å²) in [5, 5.41) is 0. The van der Waals surface area contributed by atoms with Crippen molar-refractivity contribution < 1.29 is 30.9 Å². The van der Waals surface area contributed by atoms with Crippen LogP contribution in [0.5, 0.6) is 0 Å². The average molecular weight is 174 g/mol. The molecule has 0 spiro atoms. The first-order valence-electron chi connectivity index (χ1n) is 0.169. The molecule has 0 amide bonds. The van der Waals surface area contributed by atoms with Crippen LogP contribution < -0.4 is 0 Å². The third-order valence-corrected chi connectivity index (χ3v) is 0. The Bertz CT molecular complexity index is 8.00. The van der Waals surface area contributed by atoms with Crippen LogP contribution in [0.4, 0.5) is 0 Å². The van der Waals surface area contributed by atoms with Gasteiger partial charge in [-0.1, -0.05) is 0 Å². The Morgan fingerprint density at radius 1 is 1.25 bits per heavy atom. The van der Waals surface area contributed by atoms with Crippen LogP contribution in [0.3, 0.4) is 0 Å². The molecule has 0 aromatic rings. The second-order valence-corrected chi connectivity index (χ2v) is 0. The molecule has 24 valence electrons. The van der Waals surface area contributed by atoms with Crippen molar-refractivity contribution in [3.8, 4) is 0 Å². The van der Waals surface area contributed by atoms with Crippen LogP contribution in [0.2, 0.25) is 0 Å². The SMILES string of the molecule is OCl.[AlH3].[Zr]. The maximum absolute atomic E-state index is 6.47. The Labute approximate surface area is 59.8 Å². The number of hydrogen-bond donors (Lipinski definition) is 1. The minimum Gasteiger partial charge on any atom is -0.295 e. The van der Waals surface area contributed by atoms with Gasteiger partial charge in [0.15, 0.2) is 17.4 Å². The molecule has 0 fully saturated rings. The van der Waals surface area contributed by atoms with Crippen LogP contribution in [0.1, 0.15) is 0 Å². The van der Waals surface area contributed by atoms with Gasteiger partial charge in [-0.3, -0.25) is 4.66 Å². The summed E-state index contributed by atoms with van der Waals surface area (Å²) in [4.78, 5) is 0. The molecule has 0 aliphatic rings. The molecule has 1 N–H and O–H groups in total. The van der Waals surface area contributed by atoms with Crippen LogP contribution in [0.15, 0.2) is 0 Å². The van der Waals surface area contributed by atoms with E-state index >= 15 is 0 Å². The van der Waals surface area contributed by atoms with E-state index in [4.69, 9.17) is 4.66 Å². The monoisotopic (exact) mass is 172 g/mol. The molecular weight excluding hydrogens is 170 g/mol. The van der Waals surface area contributed by atoms with Gasteiger partial charge in [0.05, 0.1) is 11.9 Å². The zero-order valence-electron chi connectivity index (χ0n) is 1.33. The maximum atomic E-state index is 6.47. The van der Waals surface area contributed by atoms with Crippen molar-refractivity contribution in [3.05, 3.63) is 0 Å². The van der Waals surface area contributed by atoms with Crippen molar-refractivity contribution >= 4 is 29.2 Å². The molecule has 0 unspecified atom stereocenters. The van der Waals surface area contributed by atoms with Gasteiger partial charge in [-0.2, -0.15) is 0 Å². The maximum Gasteiger partial charge on any atom is 0.187 e. The first kappa shape index (κ1) is 17.4. The van der Waals surface area contributed by atoms with Gasteiger partial charge in [-0.15, -0.1) is 0 Å². The Morgan fingerprint density at radius 3 is 1.25 bits per heavy atom. The van der Waals surface area contributed by atoms with Gasteiger partial charge < -0.3 is 0 Å². The standard InChI is InChI=1S/Al.ClHO.Zr.3H/c;1-2;;;;/h;2H;;;;. The summed E-state index contributed by atoms with van der Waals surface area (Å²) >= 11 is 3.64. The quantitative estimate of drug-likeness (QED) is 0.464. The summed E-state index contributed by atoms with van der Waals surface area (Å²) in [6, 6.07) is 0. The molecule has 0 aliphatic heterocycles. The zero-order valence-corrected chi connectivity index (χ0v) is 4.54. The molecule has 0 aromatic carbocycles. The third-order valence-electron chi connectivity index (χ3n) is 0. The molecule has 0 heterocycles. The normalized spacial score (nSPS) is 1.50. The molecule has 0 rings (SSSR count). The van der Waals surface area contributed by atoms with Crippen molar-refractivity contribution in [1.82, 2.24) is 0 Å². The van der Waals surface area contributed by atoms with Gasteiger partial charge in [0, 0.05) is 26.2 Å². The van der Waals surface area contributed by atoms with Crippen LogP contribution >= 0.6 is 11.9 Å². The second kappa shape index (κ2) is 22.6. The fourth-order valence-electron chi connectivity index (χ4n) is 0. The van der Waals surface area contributed by atoms with E-state index in [0.717, 1.165) is 0 Å². The molecule has 0 aromatic heterocycles. The molecule has 1 nitrogen and oxygen atoms in total. The fraction of sp³-hybridized carbons (Fsp3) is 0. The summed E-state index contributed by atoms with van der Waals surface area (Å²) in [5.41, 5.74) is 0. The van der Waals surface area contributed by atoms with E-state index in [9.17, 15) is 0 Å². The summed E-state index contributed by atoms with van der Waals surface area (Å²) in [7, 11) is 0. The minimum atomic E-state index is 0. The Hall–Kier alpha value is 1.67. The molecule has 0 saturated carbocycles. The van der Waals surface area contributed by atoms with Crippen LogP contribution in [-0.4, -0.2) is 22.0 Å². The molecule has 0 saturated heterocycles. The number of halogens is 1. The van der Waals surface area contributed by atoms with Crippen molar-refractivity contribution in [3.63, 3.8) is 0 Å². The van der Waals surface area contributed by atoms with Gasteiger partial charge >= 0.3 is 0 Å². The Kier molecular flexibility index (Phi) is 98.1. The van der Waals surface area contributed by atoms with E-state index in [1.807, 2.05) is 0 Å². The molecule has 4 heavy (non-hydrogen) atoms. The number of rotatable bonds is 0. The molecular formula is H4AlClOZr. The third kappa shape index (κ3) is 9.39. The van der Waals surface area contributed by atoms with E-state index in [0.29, 0.717) is 0 Å². The van der Waals surface area contributed by atoms with Gasteiger partial charge in [0.1, 0.15) is 0 Å². The van der Waals surface area contributed by atoms with E-state index in [2.05, 4.69) is 11.9 Å². The van der Waals surface area contributed by atoms with Crippen LogP contribution in [0, 0.1) is 0 Å². The molecule has 4 heteroatoms. The summed E-state index contributed by atoms with van der Waals surface area (Å²) in [6.07, 6.45) is 0. The largest absolute Gasteiger partial charge is 0.295 e. The van der Waals surface area contributed by atoms with Gasteiger partial charge in [0.25, 0.3) is 0 Å². The van der Waals surface area contributed by atoms with Gasteiger partial charge in [-0.05, 0) is 0 Å². The summed E-state index contributed by atoms with van der Waals surface area (Å²) in [6.45, 7) is 0. The topological polar surface area (TPSA) is 20.2 Å². The van der Waals surface area contributed by atoms with Crippen molar-refractivity contribution in [2.45, 2.75) is 0 Å². The van der Waals surface area contributed by atoms with Crippen LogP contribution in [0.25, 0.3) is 0 Å². The van der Waals surface area contributed by atoms with Crippen molar-refractivity contribution in [1.29, 1.82) is 0 Å². The molecule has 0 bridgehead atoms. The fourth-order valence-corrected chi connectivity index (χ4v) is 0. The van der Waals surface area contributed by atoms with Crippen molar-refractivity contribution in [2.75, 3.05) is 0 Å². The first-order valence-corrected chi connectivity index (χ1v) is 0.507. The molecule has 0 aliphatic carbocycles. The van der Waals surface area contributed by atoms with Gasteiger partial charge in [0.2, 0.25) is 0 Å². The second-order valence-electron chi connectivity index (χ2n) is 0. The first-order chi connectivity index (χ1) is 1.00. The van der Waals surface area contributed by atoms with Gasteiger partial charge in [-0.25, -0.2) is 0 Å². The smallest absolute Gasteiger partial charge is 0.187 e. The Morgan fingerprint density at radius 2 is 1.25 bits per heavy atom. The van der Waals surface area contributed by atoms with E-state index in [1.54, 1.807) is 0 Å². The predicted octanol–water partition coefficient (Wildman–Crippen LogP) is -1.05. The Balaban J connectivity index is -0.00000000500. The summed E-state index contributed by atoms with van der Waals surface area (Å²) < 4.78 is 6.47. The average Bonchev–Trinajstić information content (AvgIpc) is 1.00. The number of hydrogen-bond acceptors (Lipinski definition) is 1. The minimum absolute atomic E-state index is 0. The van der Waals surface area contributed by atoms with E-state index in [-0.39, 0.29) is 43.6 Å². The van der Waals surface area contributed by atoms with E-state index < -0.39 is 0 Å². The molecule has 0 radical (unpaired) electrons. The zero-order chi connectivity index (χ0) is 2.00. The molecule has 0 atom stereocenters. The van der Waals surface area contributed by atoms with Crippen LogP contribution in [-0.2, 0) is 26.2 Å². The van der Waals surface area contributed by atoms with E-state index in [1.165, 1.54) is 0 Å². The predicted molar refractivity (Wildman–Crippen MR) is 18.0 cm³/mol. The summed E-state index contributed by atoms with van der Waals surface area (Å²) in [5.74, 6) is 0.